The summed E-state index contributed by atoms with van der Waals surface area (Å²) in [6.07, 6.45) is -3.98. The van der Waals surface area contributed by atoms with Gasteiger partial charge in [-0.2, -0.15) is 23.3 Å². The monoisotopic (exact) mass is 392 g/mol. The van der Waals surface area contributed by atoms with Gasteiger partial charge in [0.2, 0.25) is 0 Å². The summed E-state index contributed by atoms with van der Waals surface area (Å²) in [7, 11) is 0. The van der Waals surface area contributed by atoms with Crippen molar-refractivity contribution >= 4 is 27.5 Å². The van der Waals surface area contributed by atoms with Crippen LogP contribution in [0, 0.1) is 0 Å². The molecule has 0 saturated heterocycles. The van der Waals surface area contributed by atoms with E-state index in [9.17, 15) is 23.1 Å². The lowest BCUT2D eigenvalue weighted by atomic mass is 10.0. The van der Waals surface area contributed by atoms with Crippen LogP contribution >= 0.6 is 15.9 Å². The minimum Gasteiger partial charge on any atom is -0.362 e. The number of aliphatic hydroxyl groups is 1. The molecule has 1 aliphatic heterocycles. The first kappa shape index (κ1) is 17.9. The van der Waals surface area contributed by atoms with Crippen LogP contribution in [0.5, 0.6) is 0 Å². The van der Waals surface area contributed by atoms with Crippen LogP contribution in [-0.2, 0) is 0 Å². The molecule has 1 aromatic carbocycles. The highest BCUT2D eigenvalue weighted by Gasteiger charge is 2.63. The largest absolute Gasteiger partial charge is 0.438 e. The third-order valence-corrected chi connectivity index (χ3v) is 4.30. The van der Waals surface area contributed by atoms with Gasteiger partial charge in [0.05, 0.1) is 5.56 Å². The number of benzene rings is 1. The van der Waals surface area contributed by atoms with Crippen LogP contribution < -0.4 is 0 Å². The zero-order valence-corrected chi connectivity index (χ0v) is 14.0. The second kappa shape index (κ2) is 6.60. The predicted molar refractivity (Wildman–Crippen MR) is 82.9 cm³/mol. The molecule has 4 nitrogen and oxygen atoms in total. The molecule has 0 aliphatic carbocycles. The van der Waals surface area contributed by atoms with Gasteiger partial charge in [-0.15, -0.1) is 0 Å². The molecule has 0 spiro atoms. The van der Waals surface area contributed by atoms with Crippen molar-refractivity contribution in [2.24, 2.45) is 5.10 Å². The van der Waals surface area contributed by atoms with E-state index in [1.54, 1.807) is 6.07 Å². The summed E-state index contributed by atoms with van der Waals surface area (Å²) in [6, 6.07) is 6.08. The molecular weight excluding hydrogens is 377 g/mol. The first-order valence-corrected chi connectivity index (χ1v) is 7.94. The van der Waals surface area contributed by atoms with Gasteiger partial charge in [0.25, 0.3) is 11.6 Å². The number of rotatable bonds is 4. The molecule has 1 aromatic rings. The van der Waals surface area contributed by atoms with Crippen molar-refractivity contribution in [2.75, 3.05) is 0 Å². The third kappa shape index (κ3) is 3.42. The van der Waals surface area contributed by atoms with Crippen LogP contribution in [0.4, 0.5) is 13.2 Å². The number of hydrogen-bond donors (Lipinski definition) is 1. The second-order valence-electron chi connectivity index (χ2n) is 5.36. The maximum Gasteiger partial charge on any atom is 0.438 e. The summed E-state index contributed by atoms with van der Waals surface area (Å²) in [6.45, 7) is 1.90. The fourth-order valence-electron chi connectivity index (χ4n) is 2.32. The Kier molecular flexibility index (Phi) is 5.15. The van der Waals surface area contributed by atoms with E-state index in [0.29, 0.717) is 17.3 Å². The van der Waals surface area contributed by atoms with Crippen molar-refractivity contribution in [2.45, 2.75) is 44.5 Å². The molecule has 1 heterocycles. The Morgan fingerprint density at radius 1 is 1.43 bits per heavy atom. The van der Waals surface area contributed by atoms with Gasteiger partial charge in [-0.3, -0.25) is 4.79 Å². The van der Waals surface area contributed by atoms with Crippen molar-refractivity contribution in [1.29, 1.82) is 0 Å². The quantitative estimate of drug-likeness (QED) is 0.838. The molecule has 1 amide bonds. The Hall–Kier alpha value is -1.41. The van der Waals surface area contributed by atoms with Crippen LogP contribution in [0.15, 0.2) is 33.8 Å². The molecule has 8 heteroatoms. The van der Waals surface area contributed by atoms with Gasteiger partial charge in [-0.1, -0.05) is 25.5 Å². The molecule has 0 aromatic heterocycles. The zero-order chi connectivity index (χ0) is 17.3. The first-order chi connectivity index (χ1) is 10.7. The van der Waals surface area contributed by atoms with Crippen LogP contribution in [0.25, 0.3) is 0 Å². The van der Waals surface area contributed by atoms with Crippen LogP contribution in [0.1, 0.15) is 43.0 Å². The molecule has 0 saturated carbocycles. The Morgan fingerprint density at radius 2 is 2.09 bits per heavy atom. The van der Waals surface area contributed by atoms with E-state index in [2.05, 4.69) is 21.0 Å². The van der Waals surface area contributed by atoms with E-state index in [0.717, 1.165) is 6.42 Å². The Labute approximate surface area is 140 Å². The third-order valence-electron chi connectivity index (χ3n) is 3.61. The van der Waals surface area contributed by atoms with Crippen LogP contribution in [0.3, 0.4) is 0 Å². The average Bonchev–Trinajstić information content (AvgIpc) is 2.83. The molecule has 1 atom stereocenters. The van der Waals surface area contributed by atoms with Gasteiger partial charge in [0, 0.05) is 16.6 Å². The predicted octanol–water partition coefficient (Wildman–Crippen LogP) is 4.09. The van der Waals surface area contributed by atoms with E-state index in [4.69, 9.17) is 0 Å². The molecular formula is C15H16BrF3N2O2. The molecule has 0 fully saturated rings. The lowest BCUT2D eigenvalue weighted by Gasteiger charge is -2.32. The Balaban J connectivity index is 2.40. The lowest BCUT2D eigenvalue weighted by Crippen LogP contribution is -2.56. The fourth-order valence-corrected chi connectivity index (χ4v) is 2.77. The van der Waals surface area contributed by atoms with E-state index < -0.39 is 24.2 Å². The van der Waals surface area contributed by atoms with Crippen molar-refractivity contribution in [3.8, 4) is 0 Å². The molecule has 1 aliphatic rings. The van der Waals surface area contributed by atoms with Crippen molar-refractivity contribution in [3.05, 3.63) is 34.3 Å². The van der Waals surface area contributed by atoms with Gasteiger partial charge in [0.15, 0.2) is 0 Å². The number of hydrazone groups is 1. The summed E-state index contributed by atoms with van der Waals surface area (Å²) < 4.78 is 40.4. The summed E-state index contributed by atoms with van der Waals surface area (Å²) >= 11 is 3.13. The van der Waals surface area contributed by atoms with Crippen molar-refractivity contribution in [1.82, 2.24) is 5.01 Å². The number of amides is 1. The second-order valence-corrected chi connectivity index (χ2v) is 6.21. The maximum atomic E-state index is 13.3. The summed E-state index contributed by atoms with van der Waals surface area (Å²) in [4.78, 5) is 12.5. The average molecular weight is 393 g/mol. The van der Waals surface area contributed by atoms with Gasteiger partial charge in [-0.25, -0.2) is 0 Å². The minimum absolute atomic E-state index is 0.00988. The fraction of sp³-hybridized carbons (Fsp3) is 0.467. The van der Waals surface area contributed by atoms with Gasteiger partial charge in [-0.05, 0) is 40.9 Å². The smallest absolute Gasteiger partial charge is 0.362 e. The lowest BCUT2D eigenvalue weighted by molar-refractivity contribution is -0.297. The standard InChI is InChI=1S/C15H16BrF3N2O2/c1-2-3-6-10-9-14(23,15(17,18)19)21(20-10)13(22)11-7-4-5-8-12(11)16/h4-5,7-8,23H,2-3,6,9H2,1H3/t14-/m1/s1. The number of nitrogens with zero attached hydrogens (tertiary/aromatic N) is 2. The van der Waals surface area contributed by atoms with Crippen LogP contribution in [-0.4, -0.2) is 33.6 Å². The number of unbranched alkanes of at least 4 members (excludes halogenated alkanes) is 1. The maximum absolute atomic E-state index is 13.3. The highest BCUT2D eigenvalue weighted by Crippen LogP contribution is 2.42. The number of halogens is 4. The number of hydrogen-bond acceptors (Lipinski definition) is 3. The normalized spacial score (nSPS) is 21.5. The van der Waals surface area contributed by atoms with Gasteiger partial charge in [0.1, 0.15) is 0 Å². The highest BCUT2D eigenvalue weighted by molar-refractivity contribution is 9.10. The molecule has 126 valence electrons. The first-order valence-electron chi connectivity index (χ1n) is 7.15. The summed E-state index contributed by atoms with van der Waals surface area (Å²) in [5, 5.41) is 14.1. The number of alkyl halides is 3. The van der Waals surface area contributed by atoms with E-state index in [-0.39, 0.29) is 16.3 Å². The number of carbonyl (C=O) groups excluding carboxylic acids is 1. The van der Waals surface area contributed by atoms with Crippen molar-refractivity contribution < 1.29 is 23.1 Å². The molecule has 2 rings (SSSR count). The molecule has 0 radical (unpaired) electrons. The topological polar surface area (TPSA) is 52.9 Å². The van der Waals surface area contributed by atoms with E-state index in [1.807, 2.05) is 6.92 Å². The molecule has 0 unspecified atom stereocenters. The molecule has 0 bridgehead atoms. The highest BCUT2D eigenvalue weighted by atomic mass is 79.9. The minimum atomic E-state index is -5.00. The summed E-state index contributed by atoms with van der Waals surface area (Å²) in [5.41, 5.74) is -3.12. The van der Waals surface area contributed by atoms with Gasteiger partial charge >= 0.3 is 6.18 Å². The molecule has 1 N–H and O–H groups in total. The summed E-state index contributed by atoms with van der Waals surface area (Å²) in [5.74, 6) is -0.996. The van der Waals surface area contributed by atoms with Crippen molar-refractivity contribution in [3.63, 3.8) is 0 Å². The van der Waals surface area contributed by atoms with Crippen LogP contribution in [0.2, 0.25) is 0 Å². The number of carbonyl (C=O) groups is 1. The van der Waals surface area contributed by atoms with E-state index >= 15 is 0 Å². The zero-order valence-electron chi connectivity index (χ0n) is 12.4. The Bertz CT molecular complexity index is 633. The van der Waals surface area contributed by atoms with E-state index in [1.165, 1.54) is 18.2 Å². The SMILES string of the molecule is CCCCC1=NN(C(=O)c2ccccc2Br)[C@](O)(C(F)(F)F)C1. The molecule has 23 heavy (non-hydrogen) atoms. The van der Waals surface area contributed by atoms with Gasteiger partial charge < -0.3 is 5.11 Å². The Morgan fingerprint density at radius 3 is 2.65 bits per heavy atom.